The minimum Gasteiger partial charge on any atom is -0.383 e. The number of nitrogens with zero attached hydrogens (tertiary/aromatic N) is 2. The molecule has 5 nitrogen and oxygen atoms in total. The van der Waals surface area contributed by atoms with Crippen molar-refractivity contribution < 1.29 is 9.90 Å². The third kappa shape index (κ3) is 3.80. The highest BCUT2D eigenvalue weighted by Gasteiger charge is 2.14. The minimum atomic E-state index is -0.987. The number of carbonyl (C=O) groups excluding carboxylic acids is 1. The molecule has 0 aliphatic carbocycles. The molecule has 27 heavy (non-hydrogen) atoms. The molecule has 0 bridgehead atoms. The number of aromatic nitrogens is 2. The maximum atomic E-state index is 11.7. The molecule has 4 rings (SSSR count). The van der Waals surface area contributed by atoms with Gasteiger partial charge in [-0.3, -0.25) is 14.5 Å². The molecule has 0 radical (unpaired) electrons. The number of carbonyl (C=O) groups is 1. The van der Waals surface area contributed by atoms with Crippen molar-refractivity contribution in [3.8, 4) is 11.1 Å². The number of hydrogen-bond acceptors (Lipinski definition) is 6. The van der Waals surface area contributed by atoms with E-state index in [0.717, 1.165) is 48.5 Å². The first-order valence-corrected chi connectivity index (χ1v) is 10.2. The van der Waals surface area contributed by atoms with Gasteiger partial charge in [-0.15, -0.1) is 11.3 Å². The van der Waals surface area contributed by atoms with Crippen LogP contribution < -0.4 is 4.72 Å². The van der Waals surface area contributed by atoms with Crippen molar-refractivity contribution in [2.75, 3.05) is 0 Å². The molecule has 1 unspecified atom stereocenters. The lowest BCUT2D eigenvalue weighted by Crippen LogP contribution is -2.29. The molecule has 136 valence electrons. The van der Waals surface area contributed by atoms with Crippen LogP contribution in [0.5, 0.6) is 0 Å². The molecule has 7 heteroatoms. The van der Waals surface area contributed by atoms with Gasteiger partial charge in [0.05, 0.1) is 15.7 Å². The van der Waals surface area contributed by atoms with Gasteiger partial charge < -0.3 is 5.11 Å². The second kappa shape index (κ2) is 7.64. The summed E-state index contributed by atoms with van der Waals surface area (Å²) in [5.74, 6) is -0.398. The Hall–Kier alpha value is -2.48. The number of pyridine rings is 1. The first-order chi connectivity index (χ1) is 13.1. The first kappa shape index (κ1) is 17.9. The monoisotopic (exact) mass is 395 g/mol. The van der Waals surface area contributed by atoms with E-state index < -0.39 is 12.0 Å². The zero-order valence-electron chi connectivity index (χ0n) is 14.5. The second-order valence-electron chi connectivity index (χ2n) is 6.07. The average Bonchev–Trinajstić information content (AvgIpc) is 3.13. The third-order valence-electron chi connectivity index (χ3n) is 4.22. The Kier molecular flexibility index (Phi) is 5.07. The summed E-state index contributed by atoms with van der Waals surface area (Å²) in [7, 11) is 0. The van der Waals surface area contributed by atoms with Gasteiger partial charge in [-0.1, -0.05) is 31.2 Å². The lowest BCUT2D eigenvalue weighted by atomic mass is 10.1. The van der Waals surface area contributed by atoms with E-state index in [9.17, 15) is 9.90 Å². The van der Waals surface area contributed by atoms with Crippen molar-refractivity contribution >= 4 is 50.3 Å². The number of hydrogen-bond donors (Lipinski definition) is 2. The standard InChI is InChI=1S/C20H17N3O2S2/c1-2-17(24)19(25)23-27-20-22-16-10-12(7-8-18(16)26-20)14-9-13-5-3-4-6-15(13)21-11-14/h3-11,17,24H,2H2,1H3,(H,23,25). The third-order valence-corrected chi connectivity index (χ3v) is 6.12. The number of amides is 1. The molecule has 0 aliphatic rings. The Labute approximate surface area is 164 Å². The fraction of sp³-hybridized carbons (Fsp3) is 0.150. The fourth-order valence-corrected chi connectivity index (χ4v) is 4.41. The van der Waals surface area contributed by atoms with E-state index in [1.165, 1.54) is 11.3 Å². The zero-order chi connectivity index (χ0) is 18.8. The number of benzene rings is 2. The van der Waals surface area contributed by atoms with Crippen LogP contribution in [0.25, 0.3) is 32.2 Å². The molecule has 4 aromatic rings. The van der Waals surface area contributed by atoms with Gasteiger partial charge in [-0.05, 0) is 36.2 Å². The van der Waals surface area contributed by atoms with Crippen LogP contribution >= 0.6 is 23.3 Å². The number of para-hydroxylation sites is 1. The predicted molar refractivity (Wildman–Crippen MR) is 111 cm³/mol. The van der Waals surface area contributed by atoms with Gasteiger partial charge >= 0.3 is 0 Å². The van der Waals surface area contributed by atoms with Crippen molar-refractivity contribution in [3.05, 3.63) is 54.7 Å². The molecule has 2 aromatic heterocycles. The molecule has 0 spiro atoms. The fourth-order valence-electron chi connectivity index (χ4n) is 2.71. The van der Waals surface area contributed by atoms with Crippen molar-refractivity contribution in [2.45, 2.75) is 23.8 Å². The van der Waals surface area contributed by atoms with Gasteiger partial charge in [-0.2, -0.15) is 0 Å². The van der Waals surface area contributed by atoms with Crippen LogP contribution in [0.15, 0.2) is 59.1 Å². The quantitative estimate of drug-likeness (QED) is 0.490. The molecule has 2 heterocycles. The van der Waals surface area contributed by atoms with Crippen LogP contribution in [0, 0.1) is 0 Å². The summed E-state index contributed by atoms with van der Waals surface area (Å²) < 4.78 is 4.42. The summed E-state index contributed by atoms with van der Waals surface area (Å²) in [6.45, 7) is 1.76. The molecule has 2 aromatic carbocycles. The molecular formula is C20H17N3O2S2. The number of thiazole rings is 1. The van der Waals surface area contributed by atoms with Crippen LogP contribution in [-0.2, 0) is 4.79 Å². The second-order valence-corrected chi connectivity index (χ2v) is 8.16. The van der Waals surface area contributed by atoms with Gasteiger partial charge in [0.2, 0.25) is 0 Å². The van der Waals surface area contributed by atoms with E-state index in [1.807, 2.05) is 36.5 Å². The van der Waals surface area contributed by atoms with Crippen molar-refractivity contribution in [1.29, 1.82) is 0 Å². The van der Waals surface area contributed by atoms with E-state index in [0.29, 0.717) is 6.42 Å². The van der Waals surface area contributed by atoms with Gasteiger partial charge in [0.1, 0.15) is 6.10 Å². The van der Waals surface area contributed by atoms with Crippen LogP contribution in [0.4, 0.5) is 0 Å². The summed E-state index contributed by atoms with van der Waals surface area (Å²) in [4.78, 5) is 20.8. The summed E-state index contributed by atoms with van der Waals surface area (Å²) in [5, 5.41) is 10.6. The maximum absolute atomic E-state index is 11.7. The van der Waals surface area contributed by atoms with Gasteiger partial charge in [0, 0.05) is 29.1 Å². The molecule has 0 saturated heterocycles. The summed E-state index contributed by atoms with van der Waals surface area (Å²) in [5.41, 5.74) is 3.93. The van der Waals surface area contributed by atoms with E-state index in [2.05, 4.69) is 32.9 Å². The van der Waals surface area contributed by atoms with E-state index in [-0.39, 0.29) is 0 Å². The average molecular weight is 396 g/mol. The van der Waals surface area contributed by atoms with Crippen LogP contribution in [-0.4, -0.2) is 27.1 Å². The number of nitrogens with one attached hydrogen (secondary N) is 1. The SMILES string of the molecule is CCC(O)C(=O)NSc1nc2cc(-c3cnc4ccccc4c3)ccc2s1. The zero-order valence-corrected chi connectivity index (χ0v) is 16.2. The smallest absolute Gasteiger partial charge is 0.258 e. The topological polar surface area (TPSA) is 75.1 Å². The summed E-state index contributed by atoms with van der Waals surface area (Å²) >= 11 is 2.64. The highest BCUT2D eigenvalue weighted by molar-refractivity contribution is 7.99. The van der Waals surface area contributed by atoms with E-state index in [4.69, 9.17) is 0 Å². The van der Waals surface area contributed by atoms with Gasteiger partial charge in [0.25, 0.3) is 5.91 Å². The predicted octanol–water partition coefficient (Wildman–Crippen LogP) is 4.41. The maximum Gasteiger partial charge on any atom is 0.258 e. The number of fused-ring (bicyclic) bond motifs is 2. The summed E-state index contributed by atoms with van der Waals surface area (Å²) in [6.07, 6.45) is 1.27. The Morgan fingerprint density at radius 1 is 1.19 bits per heavy atom. The molecule has 0 fully saturated rings. The normalized spacial score (nSPS) is 12.4. The Bertz CT molecular complexity index is 1130. The molecule has 1 atom stereocenters. The molecule has 1 amide bonds. The molecule has 0 aliphatic heterocycles. The molecule has 2 N–H and O–H groups in total. The highest BCUT2D eigenvalue weighted by Crippen LogP contribution is 2.32. The minimum absolute atomic E-state index is 0.384. The molecular weight excluding hydrogens is 378 g/mol. The lowest BCUT2D eigenvalue weighted by Gasteiger charge is -2.06. The summed E-state index contributed by atoms with van der Waals surface area (Å²) in [6, 6.07) is 16.3. The number of aliphatic hydroxyl groups is 1. The number of aliphatic hydroxyl groups excluding tert-OH is 1. The lowest BCUT2D eigenvalue weighted by molar-refractivity contribution is -0.127. The van der Waals surface area contributed by atoms with Crippen molar-refractivity contribution in [3.63, 3.8) is 0 Å². The van der Waals surface area contributed by atoms with Crippen LogP contribution in [0.2, 0.25) is 0 Å². The largest absolute Gasteiger partial charge is 0.383 e. The highest BCUT2D eigenvalue weighted by atomic mass is 32.2. The van der Waals surface area contributed by atoms with Crippen LogP contribution in [0.3, 0.4) is 0 Å². The van der Waals surface area contributed by atoms with Crippen molar-refractivity contribution in [1.82, 2.24) is 14.7 Å². The van der Waals surface area contributed by atoms with Gasteiger partial charge in [0.15, 0.2) is 4.34 Å². The van der Waals surface area contributed by atoms with Crippen molar-refractivity contribution in [2.24, 2.45) is 0 Å². The Morgan fingerprint density at radius 3 is 2.89 bits per heavy atom. The van der Waals surface area contributed by atoms with Gasteiger partial charge in [-0.25, -0.2) is 4.98 Å². The number of rotatable bonds is 5. The Balaban J connectivity index is 1.59. The first-order valence-electron chi connectivity index (χ1n) is 8.54. The van der Waals surface area contributed by atoms with Crippen LogP contribution in [0.1, 0.15) is 13.3 Å². The van der Waals surface area contributed by atoms with E-state index >= 15 is 0 Å². The molecule has 0 saturated carbocycles. The van der Waals surface area contributed by atoms with E-state index in [1.54, 1.807) is 6.92 Å². The Morgan fingerprint density at radius 2 is 2.04 bits per heavy atom.